The van der Waals surface area contributed by atoms with Crippen LogP contribution in [0.25, 0.3) is 21.6 Å². The van der Waals surface area contributed by atoms with Crippen LogP contribution >= 0.6 is 23.6 Å². The lowest BCUT2D eigenvalue weighted by atomic mass is 10.0. The maximum atomic E-state index is 14.2. The van der Waals surface area contributed by atoms with Gasteiger partial charge in [0, 0.05) is 25.0 Å². The summed E-state index contributed by atoms with van der Waals surface area (Å²) in [4.78, 5) is 64.9. The maximum absolute atomic E-state index is 14.2. The van der Waals surface area contributed by atoms with Gasteiger partial charge in [0.1, 0.15) is 23.4 Å². The van der Waals surface area contributed by atoms with Crippen molar-refractivity contribution in [2.75, 3.05) is 29.6 Å². The third-order valence-corrected chi connectivity index (χ3v) is 14.5. The number of hydrogen-bond donors (Lipinski definition) is 1. The van der Waals surface area contributed by atoms with Gasteiger partial charge in [-0.15, -0.1) is 11.3 Å². The molecule has 0 spiro atoms. The highest BCUT2D eigenvalue weighted by atomic mass is 32.1. The molecule has 13 nitrogen and oxygen atoms in total. The van der Waals surface area contributed by atoms with Crippen molar-refractivity contribution in [3.8, 4) is 39.1 Å². The zero-order chi connectivity index (χ0) is 52.2. The van der Waals surface area contributed by atoms with Crippen LogP contribution in [0.4, 0.5) is 24.5 Å². The number of halogens is 3. The Bertz CT molecular complexity index is 3110. The molecule has 3 amide bonds. The number of carbonyl (C=O) groups is 3. The number of anilines is 2. The summed E-state index contributed by atoms with van der Waals surface area (Å²) in [6, 6.07) is 29.3. The van der Waals surface area contributed by atoms with Crippen molar-refractivity contribution in [1.29, 1.82) is 5.26 Å². The highest BCUT2D eigenvalue weighted by molar-refractivity contribution is 7.81. The van der Waals surface area contributed by atoms with E-state index in [9.17, 15) is 37.6 Å². The summed E-state index contributed by atoms with van der Waals surface area (Å²) >= 11 is 7.27. The number of pyridine rings is 1. The molecule has 2 fully saturated rings. The van der Waals surface area contributed by atoms with Gasteiger partial charge in [-0.3, -0.25) is 28.6 Å². The predicted octanol–water partition coefficient (Wildman–Crippen LogP) is 10.5. The summed E-state index contributed by atoms with van der Waals surface area (Å²) in [6.07, 6.45) is -0.770. The first-order chi connectivity index (χ1) is 34.9. The average molecular weight is 1030 g/mol. The van der Waals surface area contributed by atoms with E-state index in [0.717, 1.165) is 49.9 Å². The van der Waals surface area contributed by atoms with E-state index in [-0.39, 0.29) is 40.9 Å². The van der Waals surface area contributed by atoms with Crippen LogP contribution in [0.3, 0.4) is 0 Å². The molecule has 18 heteroatoms. The molecule has 2 aliphatic heterocycles. The first-order valence-corrected chi connectivity index (χ1v) is 25.2. The molecule has 378 valence electrons. The fourth-order valence-electron chi connectivity index (χ4n) is 9.26. The number of ether oxygens (including phenoxy) is 2. The van der Waals surface area contributed by atoms with Crippen LogP contribution < -0.4 is 30.1 Å². The van der Waals surface area contributed by atoms with Crippen molar-refractivity contribution in [3.05, 3.63) is 148 Å². The van der Waals surface area contributed by atoms with E-state index in [1.54, 1.807) is 71.5 Å². The van der Waals surface area contributed by atoms with Crippen LogP contribution in [0, 0.1) is 24.2 Å². The summed E-state index contributed by atoms with van der Waals surface area (Å²) in [5.74, 6) is -0.485. The molecule has 0 bridgehead atoms. The number of amides is 3. The Morgan fingerprint density at radius 1 is 0.918 bits per heavy atom. The second kappa shape index (κ2) is 21.8. The number of nitriles is 1. The van der Waals surface area contributed by atoms with Crippen molar-refractivity contribution in [2.45, 2.75) is 90.6 Å². The lowest BCUT2D eigenvalue weighted by Gasteiger charge is -2.31. The molecule has 0 saturated carbocycles. The Kier molecular flexibility index (Phi) is 15.5. The first kappa shape index (κ1) is 52.0. The van der Waals surface area contributed by atoms with Gasteiger partial charge >= 0.3 is 6.18 Å². The van der Waals surface area contributed by atoms with Crippen LogP contribution in [-0.2, 0) is 27.1 Å². The molecule has 1 N–H and O–H groups in total. The van der Waals surface area contributed by atoms with Crippen molar-refractivity contribution in [1.82, 2.24) is 19.8 Å². The molecule has 4 aromatic carbocycles. The molecule has 2 aliphatic rings. The van der Waals surface area contributed by atoms with Crippen LogP contribution in [0.2, 0.25) is 0 Å². The van der Waals surface area contributed by atoms with E-state index in [2.05, 4.69) is 10.3 Å². The van der Waals surface area contributed by atoms with Gasteiger partial charge in [0.25, 0.3) is 11.5 Å². The van der Waals surface area contributed by atoms with Gasteiger partial charge in [0.2, 0.25) is 11.8 Å². The molecule has 1 unspecified atom stereocenters. The van der Waals surface area contributed by atoms with E-state index in [4.69, 9.17) is 21.7 Å². The van der Waals surface area contributed by atoms with Gasteiger partial charge in [-0.1, -0.05) is 62.4 Å². The van der Waals surface area contributed by atoms with Gasteiger partial charge in [-0.25, -0.2) is 4.98 Å². The third kappa shape index (κ3) is 11.0. The Morgan fingerprint density at radius 3 is 2.19 bits per heavy atom. The molecule has 4 heterocycles. The standard InChI is InChI=1S/C55H54F3N7O6S2/c1-34(2)47(51(68)62-26-8-10-45(62)49(66)60-32-36-12-14-39(15-13-36)48-35(3)61-33-73-48)63-27-9-11-46(50(63)67)71-29-7-6-28-70-43-24-19-38(20-25-43)37-16-21-41(22-17-37)65-53(72)64(52(69)54(65,4)5)42-23-18-40(31-59)44(30-42)55(56,57)58/h9,11-25,27,30,33-34,45,47H,6-8,10,26,28-29,32H2,1-5H3,(H,60,66)/t45-,47?/m0/s1. The Balaban J connectivity index is 0.811. The summed E-state index contributed by atoms with van der Waals surface area (Å²) < 4.78 is 54.7. The number of nitrogens with one attached hydrogen (secondary N) is 1. The highest BCUT2D eigenvalue weighted by Crippen LogP contribution is 2.40. The van der Waals surface area contributed by atoms with Gasteiger partial charge in [0.05, 0.1) is 52.2 Å². The van der Waals surface area contributed by atoms with Crippen molar-refractivity contribution < 1.29 is 37.0 Å². The first-order valence-electron chi connectivity index (χ1n) is 23.9. The molecule has 8 rings (SSSR count). The summed E-state index contributed by atoms with van der Waals surface area (Å²) in [5.41, 5.74) is 3.70. The second-order valence-electron chi connectivity index (χ2n) is 18.8. The molecule has 0 radical (unpaired) electrons. The fraction of sp³-hybridized carbons (Fsp3) is 0.327. The Labute approximate surface area is 430 Å². The largest absolute Gasteiger partial charge is 0.494 e. The summed E-state index contributed by atoms with van der Waals surface area (Å²) in [7, 11) is 0. The zero-order valence-electron chi connectivity index (χ0n) is 40.9. The fourth-order valence-corrected chi connectivity index (χ4v) is 10.6. The van der Waals surface area contributed by atoms with E-state index < -0.39 is 46.4 Å². The Morgan fingerprint density at radius 2 is 1.56 bits per heavy atom. The SMILES string of the molecule is Cc1ncsc1-c1ccc(CNC(=O)[C@@H]2CCCN2C(=O)C(C(C)C)n2cccc(OCCCCOc3ccc(-c4ccc(N5C(=S)N(c6ccc(C#N)c(C(F)(F)F)c6)C(=O)C5(C)C)cc4)cc3)c2=O)cc1. The highest BCUT2D eigenvalue weighted by Gasteiger charge is 2.51. The van der Waals surface area contributed by atoms with E-state index in [1.165, 1.54) is 10.6 Å². The van der Waals surface area contributed by atoms with Gasteiger partial charge in [-0.2, -0.15) is 18.4 Å². The number of likely N-dealkylation sites (tertiary alicyclic amines) is 1. The number of nitrogens with zero attached hydrogens (tertiary/aromatic N) is 6. The van der Waals surface area contributed by atoms with Gasteiger partial charge < -0.3 is 24.6 Å². The minimum Gasteiger partial charge on any atom is -0.494 e. The van der Waals surface area contributed by atoms with E-state index in [0.29, 0.717) is 56.8 Å². The molecule has 6 aromatic rings. The number of thiazole rings is 1. The molecule has 0 aliphatic carbocycles. The lowest BCUT2D eigenvalue weighted by Crippen LogP contribution is -2.49. The number of benzene rings is 4. The van der Waals surface area contributed by atoms with Crippen LogP contribution in [-0.4, -0.2) is 68.6 Å². The number of thiocarbonyl (C=S) groups is 1. The van der Waals surface area contributed by atoms with E-state index >= 15 is 0 Å². The molecule has 2 saturated heterocycles. The minimum absolute atomic E-state index is 0.00812. The van der Waals surface area contributed by atoms with Gasteiger partial charge in [0.15, 0.2) is 10.9 Å². The lowest BCUT2D eigenvalue weighted by molar-refractivity contribution is -0.142. The molecule has 73 heavy (non-hydrogen) atoms. The smallest absolute Gasteiger partial charge is 0.417 e. The van der Waals surface area contributed by atoms with E-state index in [1.807, 2.05) is 86.9 Å². The number of unbranched alkanes of at least 4 members (excludes halogenated alkanes) is 1. The molecular formula is C55H54F3N7O6S2. The van der Waals surface area contributed by atoms with Crippen molar-refractivity contribution >= 4 is 57.8 Å². The van der Waals surface area contributed by atoms with Crippen molar-refractivity contribution in [2.24, 2.45) is 5.92 Å². The Hall–Kier alpha value is -7.36. The number of aromatic nitrogens is 2. The second-order valence-corrected chi connectivity index (χ2v) is 20.0. The van der Waals surface area contributed by atoms with Crippen LogP contribution in [0.1, 0.15) is 81.8 Å². The maximum Gasteiger partial charge on any atom is 0.417 e. The molecule has 2 atom stereocenters. The average Bonchev–Trinajstić information content (AvgIpc) is 4.09. The molecule has 2 aromatic heterocycles. The predicted molar refractivity (Wildman–Crippen MR) is 278 cm³/mol. The summed E-state index contributed by atoms with van der Waals surface area (Å²) in [5, 5.41) is 12.3. The normalized spacial score (nSPS) is 15.9. The van der Waals surface area contributed by atoms with Gasteiger partial charge in [-0.05, 0) is 141 Å². The third-order valence-electron chi connectivity index (χ3n) is 13.1. The molecular weight excluding hydrogens is 976 g/mol. The summed E-state index contributed by atoms with van der Waals surface area (Å²) in [6.45, 7) is 10.4. The number of alkyl halides is 3. The topological polar surface area (TPSA) is 150 Å². The zero-order valence-corrected chi connectivity index (χ0v) is 42.6. The van der Waals surface area contributed by atoms with Crippen LogP contribution in [0.5, 0.6) is 11.5 Å². The van der Waals surface area contributed by atoms with Crippen molar-refractivity contribution in [3.63, 3.8) is 0 Å². The number of hydrogen-bond acceptors (Lipinski definition) is 10. The minimum atomic E-state index is -4.80. The number of aryl methyl sites for hydroxylation is 1. The number of carbonyl (C=O) groups excluding carboxylic acids is 3. The van der Waals surface area contributed by atoms with Crippen LogP contribution in [0.15, 0.2) is 120 Å². The quantitative estimate of drug-likeness (QED) is 0.0691. The monoisotopic (exact) mass is 1030 g/mol. The number of rotatable bonds is 17.